The van der Waals surface area contributed by atoms with Crippen molar-refractivity contribution in [3.05, 3.63) is 0 Å². The Labute approximate surface area is 166 Å². The van der Waals surface area contributed by atoms with Gasteiger partial charge < -0.3 is 0 Å². The second-order valence-corrected chi connectivity index (χ2v) is 8.69. The van der Waals surface area contributed by atoms with E-state index in [0.717, 1.165) is 19.3 Å². The highest BCUT2D eigenvalue weighted by Crippen LogP contribution is 2.36. The molecule has 0 fully saturated rings. The third kappa shape index (κ3) is 13.2. The summed E-state index contributed by atoms with van der Waals surface area (Å²) < 4.78 is 0. The summed E-state index contributed by atoms with van der Waals surface area (Å²) in [6.07, 6.45) is 23.7. The van der Waals surface area contributed by atoms with Gasteiger partial charge in [-0.05, 0) is 31.6 Å². The first kappa shape index (κ1) is 26.0. The molecule has 0 aromatic rings. The van der Waals surface area contributed by atoms with E-state index in [1.807, 2.05) is 0 Å². The lowest BCUT2D eigenvalue weighted by atomic mass is 9.75. The Morgan fingerprint density at radius 1 is 0.538 bits per heavy atom. The molecular weight excluding hydrogens is 316 g/mol. The maximum absolute atomic E-state index is 13.6. The minimum Gasteiger partial charge on any atom is -0.229 e. The first-order valence-corrected chi connectivity index (χ1v) is 12.3. The third-order valence-corrected chi connectivity index (χ3v) is 6.36. The lowest BCUT2D eigenvalue weighted by Gasteiger charge is -2.34. The van der Waals surface area contributed by atoms with Gasteiger partial charge in [-0.3, -0.25) is 0 Å². The highest BCUT2D eigenvalue weighted by molar-refractivity contribution is 4.85. The van der Waals surface area contributed by atoms with Crippen LogP contribution in [0.3, 0.4) is 0 Å². The van der Waals surface area contributed by atoms with Gasteiger partial charge in [-0.2, -0.15) is 0 Å². The molecule has 0 aliphatic rings. The Bertz CT molecular complexity index is 275. The highest BCUT2D eigenvalue weighted by Gasteiger charge is 2.35. The van der Waals surface area contributed by atoms with Crippen LogP contribution in [0.2, 0.25) is 0 Å². The van der Waals surface area contributed by atoms with E-state index in [9.17, 15) is 5.11 Å². The van der Waals surface area contributed by atoms with Gasteiger partial charge in [0.05, 0.1) is 0 Å². The summed E-state index contributed by atoms with van der Waals surface area (Å²) in [5, 5.41) is 13.6. The van der Waals surface area contributed by atoms with E-state index in [1.165, 1.54) is 103 Å². The van der Waals surface area contributed by atoms with E-state index in [4.69, 9.17) is 0 Å². The third-order valence-electron chi connectivity index (χ3n) is 6.36. The Kier molecular flexibility index (Phi) is 18.3. The zero-order chi connectivity index (χ0) is 19.5. The van der Waals surface area contributed by atoms with Crippen LogP contribution in [0.4, 0.5) is 0 Å². The average molecular weight is 368 g/mol. The van der Waals surface area contributed by atoms with Crippen molar-refractivity contribution in [2.45, 2.75) is 155 Å². The molecule has 1 nitrogen and oxygen atoms in total. The number of rotatable bonds is 20. The number of hydrogen-bond acceptors (Lipinski definition) is 0. The van der Waals surface area contributed by atoms with E-state index < -0.39 is 5.60 Å². The van der Waals surface area contributed by atoms with Gasteiger partial charge in [-0.25, -0.2) is 5.11 Å². The minimum absolute atomic E-state index is 0.417. The van der Waals surface area contributed by atoms with Gasteiger partial charge in [0.25, 0.3) is 0 Å². The smallest absolute Gasteiger partial charge is 0.106 e. The molecular formula is C25H51O. The van der Waals surface area contributed by atoms with Gasteiger partial charge >= 0.3 is 0 Å². The van der Waals surface area contributed by atoms with Crippen molar-refractivity contribution < 1.29 is 5.11 Å². The standard InChI is InChI=1S/C25H51O/c1-5-9-12-14-16-19-22-24(21-18-11-7-3)25(26,8-4)23-20-17-15-13-10-6-2/h24H,5-23H2,1-4H3. The molecule has 0 aliphatic carbocycles. The maximum Gasteiger partial charge on any atom is 0.106 e. The number of unbranched alkanes of at least 4 members (excludes halogenated alkanes) is 12. The van der Waals surface area contributed by atoms with Crippen LogP contribution >= 0.6 is 0 Å². The molecule has 0 aromatic carbocycles. The Balaban J connectivity index is 4.36. The molecule has 0 N–H and O–H groups in total. The largest absolute Gasteiger partial charge is 0.229 e. The summed E-state index contributed by atoms with van der Waals surface area (Å²) in [6.45, 7) is 8.96. The molecule has 2 unspecified atom stereocenters. The summed E-state index contributed by atoms with van der Waals surface area (Å²) in [5.74, 6) is 0.417. The minimum atomic E-state index is -0.651. The summed E-state index contributed by atoms with van der Waals surface area (Å²) in [4.78, 5) is 0. The maximum atomic E-state index is 13.6. The van der Waals surface area contributed by atoms with E-state index in [-0.39, 0.29) is 0 Å². The van der Waals surface area contributed by atoms with Crippen LogP contribution in [0.1, 0.15) is 150 Å². The normalized spacial score (nSPS) is 15.1. The number of hydrogen-bond donors (Lipinski definition) is 0. The highest BCUT2D eigenvalue weighted by atomic mass is 16.3. The molecule has 1 radical (unpaired) electrons. The summed E-state index contributed by atoms with van der Waals surface area (Å²) in [7, 11) is 0. The van der Waals surface area contributed by atoms with Gasteiger partial charge in [-0.1, -0.05) is 124 Å². The van der Waals surface area contributed by atoms with Crippen LogP contribution in [0, 0.1) is 5.92 Å². The summed E-state index contributed by atoms with van der Waals surface area (Å²) in [5.41, 5.74) is -0.651. The molecule has 0 aliphatic heterocycles. The van der Waals surface area contributed by atoms with Gasteiger partial charge in [-0.15, -0.1) is 0 Å². The van der Waals surface area contributed by atoms with Crippen molar-refractivity contribution in [3.8, 4) is 0 Å². The lowest BCUT2D eigenvalue weighted by Crippen LogP contribution is -2.36. The SMILES string of the molecule is CCCCCCCCC(CCCCC)C([O])(CC)CCCCCCCC. The Hall–Kier alpha value is -0.0400. The quantitative estimate of drug-likeness (QED) is 0.191. The van der Waals surface area contributed by atoms with Crippen molar-refractivity contribution in [1.29, 1.82) is 0 Å². The van der Waals surface area contributed by atoms with Crippen molar-refractivity contribution >= 4 is 0 Å². The molecule has 0 aromatic heterocycles. The fourth-order valence-corrected chi connectivity index (χ4v) is 4.36. The lowest BCUT2D eigenvalue weighted by molar-refractivity contribution is -0.0951. The summed E-state index contributed by atoms with van der Waals surface area (Å²) in [6, 6.07) is 0. The van der Waals surface area contributed by atoms with Gasteiger partial charge in [0, 0.05) is 0 Å². The molecule has 0 amide bonds. The van der Waals surface area contributed by atoms with Crippen LogP contribution in [0.15, 0.2) is 0 Å². The molecule has 0 saturated heterocycles. The molecule has 0 saturated carbocycles. The Morgan fingerprint density at radius 2 is 0.923 bits per heavy atom. The predicted octanol–water partition coefficient (Wildman–Crippen LogP) is 9.26. The summed E-state index contributed by atoms with van der Waals surface area (Å²) >= 11 is 0. The van der Waals surface area contributed by atoms with Crippen LogP contribution in [-0.4, -0.2) is 5.60 Å². The first-order valence-electron chi connectivity index (χ1n) is 12.3. The van der Waals surface area contributed by atoms with Gasteiger partial charge in [0.1, 0.15) is 5.60 Å². The molecule has 1 heteroatoms. The zero-order valence-corrected chi connectivity index (χ0v) is 18.9. The molecule has 0 spiro atoms. The zero-order valence-electron chi connectivity index (χ0n) is 18.9. The molecule has 157 valence electrons. The second-order valence-electron chi connectivity index (χ2n) is 8.69. The van der Waals surface area contributed by atoms with E-state index in [0.29, 0.717) is 5.92 Å². The van der Waals surface area contributed by atoms with Crippen molar-refractivity contribution in [1.82, 2.24) is 0 Å². The van der Waals surface area contributed by atoms with Gasteiger partial charge in [0.15, 0.2) is 0 Å². The molecule has 2 atom stereocenters. The van der Waals surface area contributed by atoms with Gasteiger partial charge in [0.2, 0.25) is 0 Å². The van der Waals surface area contributed by atoms with E-state index in [2.05, 4.69) is 27.7 Å². The van der Waals surface area contributed by atoms with E-state index in [1.54, 1.807) is 0 Å². The predicted molar refractivity (Wildman–Crippen MR) is 117 cm³/mol. The fourth-order valence-electron chi connectivity index (χ4n) is 4.36. The second kappa shape index (κ2) is 18.3. The van der Waals surface area contributed by atoms with E-state index >= 15 is 0 Å². The van der Waals surface area contributed by atoms with Crippen LogP contribution < -0.4 is 0 Å². The fraction of sp³-hybridized carbons (Fsp3) is 1.00. The molecule has 0 bridgehead atoms. The van der Waals surface area contributed by atoms with Crippen LogP contribution in [0.5, 0.6) is 0 Å². The van der Waals surface area contributed by atoms with Crippen molar-refractivity contribution in [3.63, 3.8) is 0 Å². The van der Waals surface area contributed by atoms with Crippen LogP contribution in [0.25, 0.3) is 0 Å². The molecule has 26 heavy (non-hydrogen) atoms. The molecule has 0 heterocycles. The monoisotopic (exact) mass is 367 g/mol. The van der Waals surface area contributed by atoms with Crippen molar-refractivity contribution in [2.75, 3.05) is 0 Å². The first-order chi connectivity index (χ1) is 12.6. The van der Waals surface area contributed by atoms with Crippen molar-refractivity contribution in [2.24, 2.45) is 5.92 Å². The topological polar surface area (TPSA) is 19.9 Å². The van der Waals surface area contributed by atoms with Crippen LogP contribution in [-0.2, 0) is 5.11 Å². The Morgan fingerprint density at radius 3 is 1.42 bits per heavy atom. The average Bonchev–Trinajstić information content (AvgIpc) is 2.65. The molecule has 0 rings (SSSR count).